The van der Waals surface area contributed by atoms with Gasteiger partial charge in [0.05, 0.1) is 0 Å². The van der Waals surface area contributed by atoms with E-state index in [0.29, 0.717) is 27.1 Å². The Morgan fingerprint density at radius 2 is 0.931 bits per heavy atom. The summed E-state index contributed by atoms with van der Waals surface area (Å²) in [4.78, 5) is 0. The van der Waals surface area contributed by atoms with E-state index in [9.17, 15) is 0 Å². The van der Waals surface area contributed by atoms with Gasteiger partial charge in [0.1, 0.15) is 0 Å². The maximum absolute atomic E-state index is 2.69. The van der Waals surface area contributed by atoms with Crippen molar-refractivity contribution in [3.63, 3.8) is 0 Å². The van der Waals surface area contributed by atoms with Crippen LogP contribution in [0.2, 0.25) is 0 Å². The van der Waals surface area contributed by atoms with Gasteiger partial charge in [-0.15, -0.1) is 0 Å². The maximum Gasteiger partial charge on any atom is -0.0102 e. The van der Waals surface area contributed by atoms with Crippen LogP contribution in [0.25, 0.3) is 0 Å². The second-order valence-electron chi connectivity index (χ2n) is 13.1. The monoisotopic (exact) mass is 390 g/mol. The highest BCUT2D eigenvalue weighted by atomic mass is 14.7. The minimum atomic E-state index is 0.505. The Kier molecular flexibility index (Phi) is 3.87. The molecule has 29 heavy (non-hydrogen) atoms. The second-order valence-corrected chi connectivity index (χ2v) is 13.1. The van der Waals surface area contributed by atoms with E-state index in [-0.39, 0.29) is 0 Å². The Labute approximate surface area is 179 Å². The molecule has 8 rings (SSSR count). The van der Waals surface area contributed by atoms with Gasteiger partial charge in [-0.05, 0) is 143 Å². The largest absolute Gasteiger partial charge is 0.0911 e. The van der Waals surface area contributed by atoms with Gasteiger partial charge in [-0.1, -0.05) is 36.5 Å². The molecule has 158 valence electrons. The summed E-state index contributed by atoms with van der Waals surface area (Å²) in [6.45, 7) is 6.83. The Morgan fingerprint density at radius 3 is 1.48 bits per heavy atom. The summed E-state index contributed by atoms with van der Waals surface area (Å²) in [5, 5.41) is 0. The van der Waals surface area contributed by atoms with E-state index in [1.54, 1.807) is 25.7 Å². The minimum absolute atomic E-state index is 0.505. The third-order valence-corrected chi connectivity index (χ3v) is 10.9. The van der Waals surface area contributed by atoms with Crippen LogP contribution in [0.1, 0.15) is 97.8 Å². The summed E-state index contributed by atoms with van der Waals surface area (Å²) in [6, 6.07) is 0. The lowest BCUT2D eigenvalue weighted by Crippen LogP contribution is -2.65. The number of hydrogen-bond acceptors (Lipinski definition) is 0. The molecule has 0 aromatic heterocycles. The van der Waals surface area contributed by atoms with Crippen molar-refractivity contribution < 1.29 is 0 Å². The molecule has 8 bridgehead atoms. The molecule has 0 aliphatic heterocycles. The third-order valence-electron chi connectivity index (χ3n) is 10.9. The smallest absolute Gasteiger partial charge is 0.0102 e. The molecule has 0 amide bonds. The zero-order valence-corrected chi connectivity index (χ0v) is 19.2. The van der Waals surface area contributed by atoms with E-state index in [1.165, 1.54) is 51.4 Å². The van der Waals surface area contributed by atoms with Crippen LogP contribution in [0.3, 0.4) is 0 Å². The summed E-state index contributed by atoms with van der Waals surface area (Å²) >= 11 is 0. The van der Waals surface area contributed by atoms with Crippen molar-refractivity contribution >= 4 is 0 Å². The first-order valence-electron chi connectivity index (χ1n) is 12.8. The van der Waals surface area contributed by atoms with Crippen molar-refractivity contribution in [2.45, 2.75) is 97.8 Å². The number of rotatable bonds is 4. The van der Waals surface area contributed by atoms with Crippen molar-refractivity contribution in [2.24, 2.45) is 44.8 Å². The molecule has 0 heterocycles. The standard InChI is InChI=1S/C29H42/c1-4-7-25-11-22-10-23(12-25)16-28(15-22,19-25)29-17-24-13-26(20-29,8-5-2)18-27(14-24,21-29)9-6-3/h4-9,22-24H,10-21H2,1-3H3/b7-4-,8-5-,9-6-. The molecule has 8 saturated carbocycles. The zero-order valence-electron chi connectivity index (χ0n) is 19.2. The highest BCUT2D eigenvalue weighted by Crippen LogP contribution is 2.81. The SMILES string of the molecule is C/C=C\C12CC3CC(C1)CC(C14CC5CC(/C=C\C)(CC(/C=C\C)(C5)C1)C4)(C3)C2. The fraction of sp³-hybridized carbons (Fsp3) is 0.793. The molecule has 0 heteroatoms. The van der Waals surface area contributed by atoms with Gasteiger partial charge in [0.2, 0.25) is 0 Å². The van der Waals surface area contributed by atoms with Crippen LogP contribution >= 0.6 is 0 Å². The molecule has 0 saturated heterocycles. The van der Waals surface area contributed by atoms with Crippen LogP contribution in [-0.4, -0.2) is 0 Å². The van der Waals surface area contributed by atoms with Crippen molar-refractivity contribution in [1.82, 2.24) is 0 Å². The van der Waals surface area contributed by atoms with Crippen molar-refractivity contribution in [3.05, 3.63) is 36.5 Å². The van der Waals surface area contributed by atoms with E-state index in [2.05, 4.69) is 57.2 Å². The van der Waals surface area contributed by atoms with Crippen LogP contribution in [0.5, 0.6) is 0 Å². The highest BCUT2D eigenvalue weighted by Gasteiger charge is 2.71. The molecule has 4 unspecified atom stereocenters. The van der Waals surface area contributed by atoms with Gasteiger partial charge in [-0.2, -0.15) is 0 Å². The first-order valence-corrected chi connectivity index (χ1v) is 12.8. The van der Waals surface area contributed by atoms with Crippen LogP contribution in [0, 0.1) is 44.8 Å². The van der Waals surface area contributed by atoms with Crippen LogP contribution in [-0.2, 0) is 0 Å². The topological polar surface area (TPSA) is 0 Å². The average molecular weight is 391 g/mol. The summed E-state index contributed by atoms with van der Waals surface area (Å²) in [7, 11) is 0. The van der Waals surface area contributed by atoms with E-state index in [4.69, 9.17) is 0 Å². The van der Waals surface area contributed by atoms with Crippen LogP contribution < -0.4 is 0 Å². The minimum Gasteiger partial charge on any atom is -0.0911 e. The first kappa shape index (κ1) is 18.9. The molecule has 0 spiro atoms. The number of allylic oxidation sites excluding steroid dienone is 6. The molecule has 0 aromatic carbocycles. The average Bonchev–Trinajstić information content (AvgIpc) is 2.59. The fourth-order valence-corrected chi connectivity index (χ4v) is 11.8. The molecule has 0 aromatic rings. The number of hydrogen-bond donors (Lipinski definition) is 0. The lowest BCUT2D eigenvalue weighted by molar-refractivity contribution is -0.236. The highest BCUT2D eigenvalue weighted by molar-refractivity contribution is 5.27. The van der Waals surface area contributed by atoms with E-state index >= 15 is 0 Å². The predicted molar refractivity (Wildman–Crippen MR) is 122 cm³/mol. The van der Waals surface area contributed by atoms with Crippen molar-refractivity contribution in [2.75, 3.05) is 0 Å². The molecule has 8 aliphatic carbocycles. The Hall–Kier alpha value is -0.780. The van der Waals surface area contributed by atoms with Crippen LogP contribution in [0.15, 0.2) is 36.5 Å². The summed E-state index contributed by atoms with van der Waals surface area (Å²) in [5.41, 5.74) is 2.84. The van der Waals surface area contributed by atoms with Gasteiger partial charge in [0, 0.05) is 0 Å². The normalized spacial score (nSPS) is 57.8. The molecule has 4 atom stereocenters. The van der Waals surface area contributed by atoms with Gasteiger partial charge in [-0.25, -0.2) is 0 Å². The molecule has 0 radical (unpaired) electrons. The lowest BCUT2D eigenvalue weighted by Gasteiger charge is -2.75. The maximum atomic E-state index is 2.69. The van der Waals surface area contributed by atoms with E-state index in [0.717, 1.165) is 17.8 Å². The van der Waals surface area contributed by atoms with Gasteiger partial charge in [0.25, 0.3) is 0 Å². The Morgan fingerprint density at radius 1 is 0.483 bits per heavy atom. The lowest BCUT2D eigenvalue weighted by atomic mass is 9.29. The predicted octanol–water partition coefficient (Wildman–Crippen LogP) is 8.26. The van der Waals surface area contributed by atoms with Gasteiger partial charge >= 0.3 is 0 Å². The summed E-state index contributed by atoms with van der Waals surface area (Å²) in [5.74, 6) is 3.02. The molecular weight excluding hydrogens is 348 g/mol. The molecular formula is C29H42. The first-order chi connectivity index (χ1) is 13.9. The summed E-state index contributed by atoms with van der Waals surface area (Å²) < 4.78 is 0. The molecule has 8 aliphatic rings. The Balaban J connectivity index is 1.48. The molecule has 0 N–H and O–H groups in total. The van der Waals surface area contributed by atoms with Crippen LogP contribution in [0.4, 0.5) is 0 Å². The zero-order chi connectivity index (χ0) is 20.0. The molecule has 8 fully saturated rings. The molecule has 0 nitrogen and oxygen atoms in total. The third kappa shape index (κ3) is 2.50. The van der Waals surface area contributed by atoms with E-state index in [1.807, 2.05) is 0 Å². The second kappa shape index (κ2) is 5.92. The fourth-order valence-electron chi connectivity index (χ4n) is 11.8. The van der Waals surface area contributed by atoms with Crippen molar-refractivity contribution in [1.29, 1.82) is 0 Å². The Bertz CT molecular complexity index is 736. The van der Waals surface area contributed by atoms with E-state index < -0.39 is 0 Å². The van der Waals surface area contributed by atoms with Gasteiger partial charge in [-0.3, -0.25) is 0 Å². The van der Waals surface area contributed by atoms with Crippen molar-refractivity contribution in [3.8, 4) is 0 Å². The van der Waals surface area contributed by atoms with Gasteiger partial charge in [0.15, 0.2) is 0 Å². The quantitative estimate of drug-likeness (QED) is 0.424. The summed E-state index contributed by atoms with van der Waals surface area (Å²) in [6.07, 6.45) is 33.6. The van der Waals surface area contributed by atoms with Gasteiger partial charge < -0.3 is 0 Å².